The van der Waals surface area contributed by atoms with E-state index in [0.717, 1.165) is 6.04 Å². The second-order valence-electron chi connectivity index (χ2n) is 12.6. The summed E-state index contributed by atoms with van der Waals surface area (Å²) in [6, 6.07) is 0.773. The fourth-order valence-electron chi connectivity index (χ4n) is 6.66. The lowest BCUT2D eigenvalue weighted by Gasteiger charge is -2.33. The zero-order chi connectivity index (χ0) is 25.2. The summed E-state index contributed by atoms with van der Waals surface area (Å²) in [7, 11) is 0. The molecule has 36 heavy (non-hydrogen) atoms. The van der Waals surface area contributed by atoms with Crippen molar-refractivity contribution in [2.75, 3.05) is 13.1 Å². The van der Waals surface area contributed by atoms with Gasteiger partial charge in [0.05, 0.1) is 0 Å². The van der Waals surface area contributed by atoms with E-state index in [1.54, 1.807) is 0 Å². The lowest BCUT2D eigenvalue weighted by molar-refractivity contribution is 0.102. The molecule has 1 aliphatic heterocycles. The van der Waals surface area contributed by atoms with E-state index in [1.165, 1.54) is 212 Å². The van der Waals surface area contributed by atoms with Crippen LogP contribution in [-0.4, -0.2) is 24.1 Å². The van der Waals surface area contributed by atoms with Crippen LogP contribution in [0.2, 0.25) is 0 Å². The van der Waals surface area contributed by atoms with Crippen LogP contribution in [0.15, 0.2) is 0 Å². The topological polar surface area (TPSA) is 15.3 Å². The Hall–Kier alpha value is -0.0800. The SMILES string of the molecule is C1CCCCCCCCC(N2CCCCCCCCCCCCCCCCN2)CCCCCCCC1. The lowest BCUT2D eigenvalue weighted by Crippen LogP contribution is -2.46. The molecule has 2 aliphatic rings. The fraction of sp³-hybridized carbons (Fsp3) is 1.00. The van der Waals surface area contributed by atoms with Gasteiger partial charge in [-0.2, -0.15) is 0 Å². The van der Waals surface area contributed by atoms with Crippen molar-refractivity contribution in [1.82, 2.24) is 10.4 Å². The molecule has 1 aliphatic carbocycles. The summed E-state index contributed by atoms with van der Waals surface area (Å²) >= 11 is 0. The van der Waals surface area contributed by atoms with Gasteiger partial charge in [-0.3, -0.25) is 5.43 Å². The molecule has 2 nitrogen and oxygen atoms in total. The third-order valence-corrected chi connectivity index (χ3v) is 9.16. The van der Waals surface area contributed by atoms with E-state index < -0.39 is 0 Å². The summed E-state index contributed by atoms with van der Waals surface area (Å²) in [5.41, 5.74) is 3.99. The van der Waals surface area contributed by atoms with Gasteiger partial charge in [0.2, 0.25) is 0 Å². The van der Waals surface area contributed by atoms with Crippen molar-refractivity contribution in [2.45, 2.75) is 205 Å². The standard InChI is InChI=1S/C34H68N2/c1-2-6-10-14-18-22-26-30-34(31-27-23-19-15-11-7-3-1)36-33-29-25-21-17-13-9-5-4-8-12-16-20-24-28-32-35-36/h34-35H,1-33H2. The van der Waals surface area contributed by atoms with E-state index in [-0.39, 0.29) is 0 Å². The molecule has 2 fully saturated rings. The first-order chi connectivity index (χ1) is 18.0. The number of nitrogens with zero attached hydrogens (tertiary/aromatic N) is 1. The number of nitrogens with one attached hydrogen (secondary N) is 1. The molecule has 0 aromatic heterocycles. The van der Waals surface area contributed by atoms with Gasteiger partial charge in [-0.1, -0.05) is 173 Å². The first-order valence-electron chi connectivity index (χ1n) is 17.5. The van der Waals surface area contributed by atoms with Gasteiger partial charge in [-0.25, -0.2) is 5.01 Å². The van der Waals surface area contributed by atoms with Crippen molar-refractivity contribution in [3.8, 4) is 0 Å². The van der Waals surface area contributed by atoms with Gasteiger partial charge >= 0.3 is 0 Å². The van der Waals surface area contributed by atoms with Crippen LogP contribution in [0, 0.1) is 0 Å². The monoisotopic (exact) mass is 505 g/mol. The van der Waals surface area contributed by atoms with Gasteiger partial charge in [0, 0.05) is 19.1 Å². The summed E-state index contributed by atoms with van der Waals surface area (Å²) in [4.78, 5) is 0. The summed E-state index contributed by atoms with van der Waals surface area (Å²) in [6.07, 6.45) is 45.3. The van der Waals surface area contributed by atoms with Crippen molar-refractivity contribution in [3.05, 3.63) is 0 Å². The highest BCUT2D eigenvalue weighted by molar-refractivity contribution is 4.71. The van der Waals surface area contributed by atoms with Crippen LogP contribution in [0.1, 0.15) is 199 Å². The maximum atomic E-state index is 3.99. The molecule has 0 aromatic rings. The summed E-state index contributed by atoms with van der Waals surface area (Å²) in [5, 5.41) is 2.77. The van der Waals surface area contributed by atoms with Crippen LogP contribution < -0.4 is 5.43 Å². The Labute approximate surface area is 228 Å². The van der Waals surface area contributed by atoms with Crippen LogP contribution in [0.25, 0.3) is 0 Å². The van der Waals surface area contributed by atoms with Gasteiger partial charge < -0.3 is 0 Å². The van der Waals surface area contributed by atoms with Gasteiger partial charge in [-0.05, 0) is 25.7 Å². The van der Waals surface area contributed by atoms with Gasteiger partial charge in [0.15, 0.2) is 0 Å². The predicted molar refractivity (Wildman–Crippen MR) is 162 cm³/mol. The number of hydrazine groups is 1. The molecule has 2 heteroatoms. The minimum absolute atomic E-state index is 0.773. The molecule has 0 bridgehead atoms. The number of rotatable bonds is 1. The molecule has 2 rings (SSSR count). The molecular formula is C34H68N2. The zero-order valence-electron chi connectivity index (χ0n) is 24.9. The second kappa shape index (κ2) is 25.2. The molecule has 1 saturated carbocycles. The van der Waals surface area contributed by atoms with Gasteiger partial charge in [0.1, 0.15) is 0 Å². The fourth-order valence-corrected chi connectivity index (χ4v) is 6.66. The Bertz CT molecular complexity index is 361. The average molecular weight is 505 g/mol. The summed E-state index contributed by atoms with van der Waals surface area (Å²) in [6.45, 7) is 2.49. The maximum Gasteiger partial charge on any atom is 0.0243 e. The Kier molecular flexibility index (Phi) is 22.5. The Morgan fingerprint density at radius 3 is 0.944 bits per heavy atom. The molecular weight excluding hydrogens is 436 g/mol. The normalized spacial score (nSPS) is 25.7. The van der Waals surface area contributed by atoms with Crippen LogP contribution >= 0.6 is 0 Å². The third kappa shape index (κ3) is 19.1. The Morgan fingerprint density at radius 2 is 0.583 bits per heavy atom. The number of hydrogen-bond donors (Lipinski definition) is 1. The van der Waals surface area contributed by atoms with E-state index in [9.17, 15) is 0 Å². The first kappa shape index (κ1) is 32.1. The smallest absolute Gasteiger partial charge is 0.0243 e. The minimum atomic E-state index is 0.773. The molecule has 1 N–H and O–H groups in total. The molecule has 1 heterocycles. The van der Waals surface area contributed by atoms with Crippen LogP contribution in [0.5, 0.6) is 0 Å². The highest BCUT2D eigenvalue weighted by Crippen LogP contribution is 2.21. The molecule has 0 radical (unpaired) electrons. The van der Waals surface area contributed by atoms with Crippen LogP contribution in [0.3, 0.4) is 0 Å². The predicted octanol–water partition coefficient (Wildman–Crippen LogP) is 11.3. The summed E-state index contributed by atoms with van der Waals surface area (Å²) < 4.78 is 0. The molecule has 0 aromatic carbocycles. The van der Waals surface area contributed by atoms with Crippen molar-refractivity contribution in [3.63, 3.8) is 0 Å². The second-order valence-corrected chi connectivity index (χ2v) is 12.6. The largest absolute Gasteiger partial charge is 0.255 e. The van der Waals surface area contributed by atoms with Crippen molar-refractivity contribution in [2.24, 2.45) is 0 Å². The van der Waals surface area contributed by atoms with E-state index >= 15 is 0 Å². The van der Waals surface area contributed by atoms with Gasteiger partial charge in [-0.15, -0.1) is 0 Å². The van der Waals surface area contributed by atoms with Crippen LogP contribution in [-0.2, 0) is 0 Å². The van der Waals surface area contributed by atoms with Crippen molar-refractivity contribution >= 4 is 0 Å². The molecule has 0 atom stereocenters. The van der Waals surface area contributed by atoms with E-state index in [4.69, 9.17) is 0 Å². The van der Waals surface area contributed by atoms with E-state index in [2.05, 4.69) is 10.4 Å². The van der Waals surface area contributed by atoms with Crippen molar-refractivity contribution < 1.29 is 0 Å². The molecule has 214 valence electrons. The highest BCUT2D eigenvalue weighted by atomic mass is 15.5. The third-order valence-electron chi connectivity index (χ3n) is 9.16. The Balaban J connectivity index is 1.83. The van der Waals surface area contributed by atoms with Crippen LogP contribution in [0.4, 0.5) is 0 Å². The molecule has 0 spiro atoms. The maximum absolute atomic E-state index is 3.99. The molecule has 1 saturated heterocycles. The quantitative estimate of drug-likeness (QED) is 0.382. The Morgan fingerprint density at radius 1 is 0.306 bits per heavy atom. The van der Waals surface area contributed by atoms with Crippen molar-refractivity contribution in [1.29, 1.82) is 0 Å². The highest BCUT2D eigenvalue weighted by Gasteiger charge is 2.18. The molecule has 0 unspecified atom stereocenters. The van der Waals surface area contributed by atoms with E-state index in [1.807, 2.05) is 0 Å². The van der Waals surface area contributed by atoms with E-state index in [0.29, 0.717) is 0 Å². The minimum Gasteiger partial charge on any atom is -0.255 e. The first-order valence-corrected chi connectivity index (χ1v) is 17.5. The molecule has 0 amide bonds. The average Bonchev–Trinajstić information content (AvgIpc) is 2.89. The summed E-state index contributed by atoms with van der Waals surface area (Å²) in [5.74, 6) is 0. The number of hydrogen-bond acceptors (Lipinski definition) is 2. The lowest BCUT2D eigenvalue weighted by atomic mass is 9.98. The van der Waals surface area contributed by atoms with Gasteiger partial charge in [0.25, 0.3) is 0 Å². The zero-order valence-corrected chi connectivity index (χ0v) is 24.9.